The molecule has 0 fully saturated rings. The Hall–Kier alpha value is -2.35. The highest BCUT2D eigenvalue weighted by molar-refractivity contribution is 5.40. The van der Waals surface area contributed by atoms with E-state index in [1.165, 1.54) is 12.1 Å². The van der Waals surface area contributed by atoms with Gasteiger partial charge in [-0.1, -0.05) is 0 Å². The SMILES string of the molecule is Cn1cc(NCc2cc(F)cc(C#N)c2)cn1. The van der Waals surface area contributed by atoms with E-state index >= 15 is 0 Å². The topological polar surface area (TPSA) is 53.6 Å². The zero-order valence-electron chi connectivity index (χ0n) is 9.31. The summed E-state index contributed by atoms with van der Waals surface area (Å²) in [6.07, 6.45) is 3.51. The second-order valence-corrected chi connectivity index (χ2v) is 3.72. The van der Waals surface area contributed by atoms with Crippen LogP contribution < -0.4 is 5.32 Å². The van der Waals surface area contributed by atoms with Gasteiger partial charge in [-0.15, -0.1) is 0 Å². The summed E-state index contributed by atoms with van der Waals surface area (Å²) < 4.78 is 14.8. The normalized spacial score (nSPS) is 9.94. The minimum atomic E-state index is -0.396. The molecule has 86 valence electrons. The van der Waals surface area contributed by atoms with E-state index in [4.69, 9.17) is 5.26 Å². The molecule has 1 N–H and O–H groups in total. The van der Waals surface area contributed by atoms with E-state index in [1.807, 2.05) is 19.3 Å². The highest BCUT2D eigenvalue weighted by Gasteiger charge is 2.01. The molecule has 1 heterocycles. The lowest BCUT2D eigenvalue weighted by molar-refractivity contribution is 0.625. The largest absolute Gasteiger partial charge is 0.378 e. The molecule has 0 aliphatic carbocycles. The number of hydrogen-bond donors (Lipinski definition) is 1. The molecular formula is C12H11FN4. The molecule has 2 rings (SSSR count). The van der Waals surface area contributed by atoms with E-state index < -0.39 is 5.82 Å². The average molecular weight is 230 g/mol. The first kappa shape index (κ1) is 11.1. The third-order valence-electron chi connectivity index (χ3n) is 2.29. The molecule has 2 aromatic rings. The molecule has 0 unspecified atom stereocenters. The van der Waals surface area contributed by atoms with Crippen LogP contribution in [0, 0.1) is 17.1 Å². The number of halogens is 1. The van der Waals surface area contributed by atoms with E-state index in [0.29, 0.717) is 12.1 Å². The van der Waals surface area contributed by atoms with Crippen LogP contribution in [0.5, 0.6) is 0 Å². The molecule has 0 bridgehead atoms. The fourth-order valence-corrected chi connectivity index (χ4v) is 1.53. The summed E-state index contributed by atoms with van der Waals surface area (Å²) in [7, 11) is 1.82. The van der Waals surface area contributed by atoms with Gasteiger partial charge in [-0.2, -0.15) is 10.4 Å². The third-order valence-corrected chi connectivity index (χ3v) is 2.29. The molecule has 0 atom stereocenters. The molecule has 0 aliphatic rings. The first-order valence-electron chi connectivity index (χ1n) is 5.09. The maximum absolute atomic E-state index is 13.1. The van der Waals surface area contributed by atoms with Gasteiger partial charge in [0.2, 0.25) is 0 Å². The van der Waals surface area contributed by atoms with E-state index in [2.05, 4.69) is 10.4 Å². The van der Waals surface area contributed by atoms with Crippen molar-refractivity contribution in [2.75, 3.05) is 5.32 Å². The Balaban J connectivity index is 2.09. The Bertz CT molecular complexity index is 568. The van der Waals surface area contributed by atoms with Crippen molar-refractivity contribution in [1.29, 1.82) is 5.26 Å². The van der Waals surface area contributed by atoms with Crippen LogP contribution in [0.1, 0.15) is 11.1 Å². The molecular weight excluding hydrogens is 219 g/mol. The molecule has 1 aromatic carbocycles. The van der Waals surface area contributed by atoms with Crippen LogP contribution in [0.3, 0.4) is 0 Å². The van der Waals surface area contributed by atoms with Crippen molar-refractivity contribution >= 4 is 5.69 Å². The molecule has 0 aliphatic heterocycles. The highest BCUT2D eigenvalue weighted by Crippen LogP contribution is 2.11. The monoisotopic (exact) mass is 230 g/mol. The van der Waals surface area contributed by atoms with Gasteiger partial charge in [0.1, 0.15) is 5.82 Å². The van der Waals surface area contributed by atoms with Crippen molar-refractivity contribution in [3.8, 4) is 6.07 Å². The minimum Gasteiger partial charge on any atom is -0.378 e. The highest BCUT2D eigenvalue weighted by atomic mass is 19.1. The zero-order chi connectivity index (χ0) is 12.3. The van der Waals surface area contributed by atoms with Gasteiger partial charge in [-0.3, -0.25) is 4.68 Å². The molecule has 0 saturated carbocycles. The molecule has 17 heavy (non-hydrogen) atoms. The smallest absolute Gasteiger partial charge is 0.124 e. The summed E-state index contributed by atoms with van der Waals surface area (Å²) in [6.45, 7) is 0.456. The third kappa shape index (κ3) is 2.82. The first-order valence-corrected chi connectivity index (χ1v) is 5.09. The fraction of sp³-hybridized carbons (Fsp3) is 0.167. The van der Waals surface area contributed by atoms with Crippen molar-refractivity contribution in [3.05, 3.63) is 47.5 Å². The number of aryl methyl sites for hydroxylation is 1. The summed E-state index contributed by atoms with van der Waals surface area (Å²) in [5.41, 5.74) is 1.91. The van der Waals surface area contributed by atoms with E-state index in [0.717, 1.165) is 11.3 Å². The number of nitrogens with zero attached hydrogens (tertiary/aromatic N) is 3. The van der Waals surface area contributed by atoms with Gasteiger partial charge in [-0.25, -0.2) is 4.39 Å². The molecule has 0 spiro atoms. The van der Waals surface area contributed by atoms with Gasteiger partial charge in [0.15, 0.2) is 0 Å². The van der Waals surface area contributed by atoms with Gasteiger partial charge >= 0.3 is 0 Å². The van der Waals surface area contributed by atoms with Crippen LogP contribution in [-0.2, 0) is 13.6 Å². The fourth-order valence-electron chi connectivity index (χ4n) is 1.53. The van der Waals surface area contributed by atoms with Gasteiger partial charge in [0.05, 0.1) is 23.5 Å². The lowest BCUT2D eigenvalue weighted by atomic mass is 10.1. The molecule has 0 radical (unpaired) electrons. The number of nitrogens with one attached hydrogen (secondary N) is 1. The summed E-state index contributed by atoms with van der Waals surface area (Å²) in [5, 5.41) is 15.8. The zero-order valence-corrected chi connectivity index (χ0v) is 9.31. The van der Waals surface area contributed by atoms with Crippen LogP contribution in [0.15, 0.2) is 30.6 Å². The second kappa shape index (κ2) is 4.66. The van der Waals surface area contributed by atoms with Crippen molar-refractivity contribution in [1.82, 2.24) is 9.78 Å². The van der Waals surface area contributed by atoms with Crippen LogP contribution in [-0.4, -0.2) is 9.78 Å². The Labute approximate surface area is 98.3 Å². The van der Waals surface area contributed by atoms with Crippen molar-refractivity contribution in [2.45, 2.75) is 6.54 Å². The summed E-state index contributed by atoms with van der Waals surface area (Å²) >= 11 is 0. The molecule has 0 saturated heterocycles. The van der Waals surface area contributed by atoms with Gasteiger partial charge in [0, 0.05) is 19.8 Å². The standard InChI is InChI=1S/C12H11FN4/c1-17-8-12(7-16-17)15-6-10-2-9(5-14)3-11(13)4-10/h2-4,7-8,15H,6H2,1H3. The van der Waals surface area contributed by atoms with Crippen molar-refractivity contribution < 1.29 is 4.39 Å². The maximum atomic E-state index is 13.1. The Morgan fingerprint density at radius 1 is 1.47 bits per heavy atom. The van der Waals surface area contributed by atoms with Crippen molar-refractivity contribution in [3.63, 3.8) is 0 Å². The lowest BCUT2D eigenvalue weighted by Gasteiger charge is -2.04. The van der Waals surface area contributed by atoms with E-state index in [1.54, 1.807) is 16.9 Å². The van der Waals surface area contributed by atoms with E-state index in [9.17, 15) is 4.39 Å². The summed E-state index contributed by atoms with van der Waals surface area (Å²) in [4.78, 5) is 0. The Kier molecular flexibility index (Phi) is 3.06. The Morgan fingerprint density at radius 3 is 2.94 bits per heavy atom. The number of nitriles is 1. The number of hydrogen-bond acceptors (Lipinski definition) is 3. The van der Waals surface area contributed by atoms with Gasteiger partial charge < -0.3 is 5.32 Å². The predicted octanol–water partition coefficient (Wildman–Crippen LogP) is 2.04. The van der Waals surface area contributed by atoms with Crippen LogP contribution in [0.4, 0.5) is 10.1 Å². The van der Waals surface area contributed by atoms with Gasteiger partial charge in [0.25, 0.3) is 0 Å². The van der Waals surface area contributed by atoms with Crippen LogP contribution >= 0.6 is 0 Å². The molecule has 0 amide bonds. The predicted molar refractivity (Wildman–Crippen MR) is 61.6 cm³/mol. The Morgan fingerprint density at radius 2 is 2.29 bits per heavy atom. The quantitative estimate of drug-likeness (QED) is 0.877. The average Bonchev–Trinajstić information content (AvgIpc) is 2.72. The number of rotatable bonds is 3. The first-order chi connectivity index (χ1) is 8.17. The summed E-state index contributed by atoms with van der Waals surface area (Å²) in [6, 6.07) is 6.21. The maximum Gasteiger partial charge on any atom is 0.124 e. The number of aromatic nitrogens is 2. The van der Waals surface area contributed by atoms with Crippen molar-refractivity contribution in [2.24, 2.45) is 7.05 Å². The minimum absolute atomic E-state index is 0.327. The van der Waals surface area contributed by atoms with Crippen LogP contribution in [0.25, 0.3) is 0 Å². The second-order valence-electron chi connectivity index (χ2n) is 3.72. The molecule has 5 heteroatoms. The lowest BCUT2D eigenvalue weighted by Crippen LogP contribution is -1.99. The van der Waals surface area contributed by atoms with Crippen LogP contribution in [0.2, 0.25) is 0 Å². The number of benzene rings is 1. The van der Waals surface area contributed by atoms with E-state index in [-0.39, 0.29) is 0 Å². The number of anilines is 1. The molecule has 4 nitrogen and oxygen atoms in total. The van der Waals surface area contributed by atoms with Gasteiger partial charge in [-0.05, 0) is 23.8 Å². The summed E-state index contributed by atoms with van der Waals surface area (Å²) in [5.74, 6) is -0.396. The molecule has 1 aromatic heterocycles.